The zero-order valence-corrected chi connectivity index (χ0v) is 8.31. The van der Waals surface area contributed by atoms with Crippen LogP contribution in [0.1, 0.15) is 6.42 Å². The number of hydrogen-bond donors (Lipinski definition) is 0. The number of azo groups is 1. The van der Waals surface area contributed by atoms with Gasteiger partial charge in [-0.2, -0.15) is 10.2 Å². The summed E-state index contributed by atoms with van der Waals surface area (Å²) in [6.07, 6.45) is 0.497. The van der Waals surface area contributed by atoms with Crippen LogP contribution in [0.3, 0.4) is 0 Å². The summed E-state index contributed by atoms with van der Waals surface area (Å²) < 4.78 is 23.8. The fourth-order valence-corrected chi connectivity index (χ4v) is 2.82. The highest BCUT2D eigenvalue weighted by molar-refractivity contribution is 7.92. The van der Waals surface area contributed by atoms with Crippen molar-refractivity contribution in [1.82, 2.24) is 0 Å². The van der Waals surface area contributed by atoms with Gasteiger partial charge in [0.15, 0.2) is 5.37 Å². The van der Waals surface area contributed by atoms with Crippen molar-refractivity contribution < 1.29 is 8.42 Å². The molecular weight excluding hydrogens is 200 g/mol. The number of sulfone groups is 1. The van der Waals surface area contributed by atoms with Crippen molar-refractivity contribution in [1.29, 1.82) is 0 Å². The molecule has 1 aliphatic heterocycles. The van der Waals surface area contributed by atoms with Gasteiger partial charge < -0.3 is 0 Å². The molecule has 5 heteroatoms. The quantitative estimate of drug-likeness (QED) is 0.745. The summed E-state index contributed by atoms with van der Waals surface area (Å²) in [5, 5.41) is 6.75. The van der Waals surface area contributed by atoms with E-state index in [4.69, 9.17) is 0 Å². The molecular formula is C9H10N2O2S. The maximum atomic E-state index is 11.9. The lowest BCUT2D eigenvalue weighted by atomic mass is 10.4. The lowest BCUT2D eigenvalue weighted by molar-refractivity contribution is 0.581. The second kappa shape index (κ2) is 3.49. The Labute approximate surface area is 82.6 Å². The molecule has 0 aliphatic carbocycles. The fraction of sp³-hybridized carbons (Fsp3) is 0.333. The molecule has 1 aliphatic rings. The lowest BCUT2D eigenvalue weighted by Crippen LogP contribution is -2.17. The maximum absolute atomic E-state index is 11.9. The molecule has 14 heavy (non-hydrogen) atoms. The molecule has 2 rings (SSSR count). The molecule has 0 fully saturated rings. The second-order valence-corrected chi connectivity index (χ2v) is 5.19. The number of rotatable bonds is 2. The van der Waals surface area contributed by atoms with E-state index >= 15 is 0 Å². The molecule has 0 bridgehead atoms. The zero-order valence-electron chi connectivity index (χ0n) is 7.50. The molecule has 4 nitrogen and oxygen atoms in total. The van der Waals surface area contributed by atoms with E-state index in [2.05, 4.69) is 10.2 Å². The van der Waals surface area contributed by atoms with Crippen LogP contribution in [-0.4, -0.2) is 20.3 Å². The Balaban J connectivity index is 2.38. The smallest absolute Gasteiger partial charge is 0.203 e. The largest absolute Gasteiger partial charge is 0.221 e. The third-order valence-electron chi connectivity index (χ3n) is 2.12. The molecule has 0 radical (unpaired) electrons. The minimum Gasteiger partial charge on any atom is -0.221 e. The van der Waals surface area contributed by atoms with Crippen LogP contribution in [0.25, 0.3) is 0 Å². The molecule has 0 saturated carbocycles. The Hall–Kier alpha value is -1.23. The van der Waals surface area contributed by atoms with Gasteiger partial charge in [-0.3, -0.25) is 0 Å². The highest BCUT2D eigenvalue weighted by Gasteiger charge is 2.29. The standard InChI is InChI=1S/C9H10N2O2S/c12-14(13,9-6-7-10-11-9)8-4-2-1-3-5-8/h1-5,9H,6-7H2. The van der Waals surface area contributed by atoms with E-state index in [-0.39, 0.29) is 0 Å². The summed E-state index contributed by atoms with van der Waals surface area (Å²) in [4.78, 5) is 0.325. The third kappa shape index (κ3) is 1.55. The van der Waals surface area contributed by atoms with Crippen molar-refractivity contribution >= 4 is 9.84 Å². The molecule has 1 atom stereocenters. The van der Waals surface area contributed by atoms with E-state index in [0.717, 1.165) is 0 Å². The maximum Gasteiger partial charge on any atom is 0.203 e. The summed E-state index contributed by atoms with van der Waals surface area (Å²) in [7, 11) is -3.30. The summed E-state index contributed by atoms with van der Waals surface area (Å²) in [5.41, 5.74) is 0. The van der Waals surface area contributed by atoms with Crippen molar-refractivity contribution in [3.8, 4) is 0 Å². The Kier molecular flexibility index (Phi) is 2.33. The summed E-state index contributed by atoms with van der Waals surface area (Å²) in [6, 6.07) is 8.37. The van der Waals surface area contributed by atoms with E-state index in [9.17, 15) is 8.42 Å². The first kappa shape index (κ1) is 9.33. The van der Waals surface area contributed by atoms with E-state index in [1.165, 1.54) is 0 Å². The van der Waals surface area contributed by atoms with Crippen molar-refractivity contribution in [3.63, 3.8) is 0 Å². The van der Waals surface area contributed by atoms with Gasteiger partial charge in [0.25, 0.3) is 0 Å². The Morgan fingerprint density at radius 3 is 2.50 bits per heavy atom. The molecule has 74 valence electrons. The van der Waals surface area contributed by atoms with Gasteiger partial charge in [0.1, 0.15) is 0 Å². The SMILES string of the molecule is O=S(=O)(c1ccccc1)C1CCN=N1. The number of benzene rings is 1. The van der Waals surface area contributed by atoms with E-state index < -0.39 is 15.2 Å². The van der Waals surface area contributed by atoms with Crippen LogP contribution >= 0.6 is 0 Å². The van der Waals surface area contributed by atoms with Crippen LogP contribution < -0.4 is 0 Å². The first-order chi connectivity index (χ1) is 6.71. The van der Waals surface area contributed by atoms with Gasteiger partial charge in [0, 0.05) is 6.42 Å². The van der Waals surface area contributed by atoms with E-state index in [0.29, 0.717) is 17.9 Å². The van der Waals surface area contributed by atoms with E-state index in [1.54, 1.807) is 30.3 Å². The molecule has 0 N–H and O–H groups in total. The summed E-state index contributed by atoms with van der Waals surface area (Å²) >= 11 is 0. The summed E-state index contributed by atoms with van der Waals surface area (Å²) in [5.74, 6) is 0. The molecule has 0 amide bonds. The van der Waals surface area contributed by atoms with E-state index in [1.807, 2.05) is 0 Å². The molecule has 1 unspecified atom stereocenters. The van der Waals surface area contributed by atoms with Crippen LogP contribution in [0.4, 0.5) is 0 Å². The van der Waals surface area contributed by atoms with Crippen molar-refractivity contribution in [2.45, 2.75) is 16.7 Å². The molecule has 1 aromatic rings. The number of hydrogen-bond acceptors (Lipinski definition) is 4. The van der Waals surface area contributed by atoms with Gasteiger partial charge in [-0.25, -0.2) is 8.42 Å². The Morgan fingerprint density at radius 2 is 1.93 bits per heavy atom. The molecule has 1 aromatic carbocycles. The second-order valence-electron chi connectivity index (χ2n) is 3.08. The normalized spacial score (nSPS) is 21.3. The van der Waals surface area contributed by atoms with Crippen LogP contribution in [0.15, 0.2) is 45.5 Å². The topological polar surface area (TPSA) is 58.9 Å². The van der Waals surface area contributed by atoms with Crippen molar-refractivity contribution in [2.75, 3.05) is 6.54 Å². The van der Waals surface area contributed by atoms with Crippen LogP contribution in [0.2, 0.25) is 0 Å². The predicted molar refractivity (Wildman–Crippen MR) is 51.8 cm³/mol. The lowest BCUT2D eigenvalue weighted by Gasteiger charge is -2.06. The molecule has 0 aromatic heterocycles. The average Bonchev–Trinajstić information content (AvgIpc) is 2.72. The first-order valence-electron chi connectivity index (χ1n) is 4.37. The minimum atomic E-state index is -3.30. The Bertz CT molecular complexity index is 439. The van der Waals surface area contributed by atoms with Crippen LogP contribution in [0.5, 0.6) is 0 Å². The van der Waals surface area contributed by atoms with Crippen molar-refractivity contribution in [2.24, 2.45) is 10.2 Å². The van der Waals surface area contributed by atoms with Gasteiger partial charge in [-0.1, -0.05) is 18.2 Å². The summed E-state index contributed by atoms with van der Waals surface area (Å²) in [6.45, 7) is 0.511. The highest BCUT2D eigenvalue weighted by Crippen LogP contribution is 2.22. The number of nitrogens with zero attached hydrogens (tertiary/aromatic N) is 2. The average molecular weight is 210 g/mol. The molecule has 0 spiro atoms. The highest BCUT2D eigenvalue weighted by atomic mass is 32.2. The first-order valence-corrected chi connectivity index (χ1v) is 5.91. The molecule has 0 saturated heterocycles. The monoisotopic (exact) mass is 210 g/mol. The Morgan fingerprint density at radius 1 is 1.21 bits per heavy atom. The fourth-order valence-electron chi connectivity index (χ4n) is 1.36. The van der Waals surface area contributed by atoms with Gasteiger partial charge in [0.2, 0.25) is 9.84 Å². The molecule has 1 heterocycles. The zero-order chi connectivity index (χ0) is 10.0. The van der Waals surface area contributed by atoms with Gasteiger partial charge in [-0.15, -0.1) is 0 Å². The predicted octanol–water partition coefficient (Wildman–Crippen LogP) is 1.64. The van der Waals surface area contributed by atoms with Gasteiger partial charge >= 0.3 is 0 Å². The third-order valence-corrected chi connectivity index (χ3v) is 4.09. The van der Waals surface area contributed by atoms with Crippen LogP contribution in [-0.2, 0) is 9.84 Å². The van der Waals surface area contributed by atoms with Crippen molar-refractivity contribution in [3.05, 3.63) is 30.3 Å². The van der Waals surface area contributed by atoms with Gasteiger partial charge in [0.05, 0.1) is 11.4 Å². The van der Waals surface area contributed by atoms with Gasteiger partial charge in [-0.05, 0) is 12.1 Å². The van der Waals surface area contributed by atoms with Crippen LogP contribution in [0, 0.1) is 0 Å². The minimum absolute atomic E-state index is 0.325.